The van der Waals surface area contributed by atoms with Gasteiger partial charge >= 0.3 is 5.97 Å². The van der Waals surface area contributed by atoms with Crippen LogP contribution in [0, 0.1) is 0 Å². The van der Waals surface area contributed by atoms with E-state index < -0.39 is 5.97 Å². The van der Waals surface area contributed by atoms with Crippen LogP contribution in [0.25, 0.3) is 0 Å². The number of hydrogen-bond donors (Lipinski definition) is 1. The van der Waals surface area contributed by atoms with Crippen molar-refractivity contribution < 1.29 is 9.53 Å². The number of carbonyl (C=O) groups excluding carboxylic acids is 1. The maximum Gasteiger partial charge on any atom is 0.338 e. The Morgan fingerprint density at radius 1 is 1.10 bits per heavy atom. The van der Waals surface area contributed by atoms with Gasteiger partial charge in [0.1, 0.15) is 6.61 Å². The number of hydrogen-bond acceptors (Lipinski definition) is 3. The molecule has 104 valence electrons. The molecule has 0 fully saturated rings. The summed E-state index contributed by atoms with van der Waals surface area (Å²) < 4.78 is 5.16. The molecule has 0 aromatic heterocycles. The van der Waals surface area contributed by atoms with Crippen LogP contribution in [0.15, 0.2) is 36.4 Å². The van der Waals surface area contributed by atoms with Crippen LogP contribution in [0.2, 0.25) is 15.1 Å². The molecule has 0 aliphatic carbocycles. The number of rotatable bonds is 3. The highest BCUT2D eigenvalue weighted by molar-refractivity contribution is 6.42. The minimum atomic E-state index is -0.511. The summed E-state index contributed by atoms with van der Waals surface area (Å²) in [7, 11) is 0. The number of carbonyl (C=O) groups is 1. The Morgan fingerprint density at radius 2 is 1.85 bits per heavy atom. The highest BCUT2D eigenvalue weighted by atomic mass is 35.5. The Morgan fingerprint density at radius 3 is 2.55 bits per heavy atom. The van der Waals surface area contributed by atoms with Crippen LogP contribution >= 0.6 is 34.8 Å². The van der Waals surface area contributed by atoms with Gasteiger partial charge < -0.3 is 10.5 Å². The topological polar surface area (TPSA) is 52.3 Å². The van der Waals surface area contributed by atoms with Gasteiger partial charge in [0.05, 0.1) is 26.3 Å². The Hall–Kier alpha value is -1.42. The van der Waals surface area contributed by atoms with E-state index in [-0.39, 0.29) is 6.61 Å². The van der Waals surface area contributed by atoms with Crippen molar-refractivity contribution in [2.45, 2.75) is 6.61 Å². The first-order chi connectivity index (χ1) is 9.49. The van der Waals surface area contributed by atoms with Crippen molar-refractivity contribution in [2.75, 3.05) is 5.73 Å². The lowest BCUT2D eigenvalue weighted by atomic mass is 10.2. The van der Waals surface area contributed by atoms with E-state index in [1.54, 1.807) is 30.3 Å². The number of benzene rings is 2. The monoisotopic (exact) mass is 329 g/mol. The molecule has 0 spiro atoms. The summed E-state index contributed by atoms with van der Waals surface area (Å²) in [5, 5.41) is 1.09. The summed E-state index contributed by atoms with van der Waals surface area (Å²) in [5.41, 5.74) is 6.93. The van der Waals surface area contributed by atoms with Crippen LogP contribution in [-0.2, 0) is 11.3 Å². The molecule has 0 aliphatic rings. The predicted molar refractivity (Wildman–Crippen MR) is 81.4 cm³/mol. The Labute approximate surface area is 131 Å². The highest BCUT2D eigenvalue weighted by Gasteiger charge is 2.11. The van der Waals surface area contributed by atoms with E-state index >= 15 is 0 Å². The number of nitrogens with two attached hydrogens (primary N) is 1. The summed E-state index contributed by atoms with van der Waals surface area (Å²) in [6.45, 7) is 0.0280. The molecular weight excluding hydrogens is 321 g/mol. The lowest BCUT2D eigenvalue weighted by Gasteiger charge is -2.08. The van der Waals surface area contributed by atoms with Crippen molar-refractivity contribution in [1.29, 1.82) is 0 Å². The van der Waals surface area contributed by atoms with Crippen molar-refractivity contribution >= 4 is 46.5 Å². The minimum Gasteiger partial charge on any atom is -0.457 e. The van der Waals surface area contributed by atoms with Crippen LogP contribution in [-0.4, -0.2) is 5.97 Å². The van der Waals surface area contributed by atoms with Gasteiger partial charge in [-0.15, -0.1) is 0 Å². The molecule has 20 heavy (non-hydrogen) atoms. The maximum absolute atomic E-state index is 11.9. The molecule has 0 atom stereocenters. The average molecular weight is 331 g/mol. The molecule has 2 rings (SSSR count). The second-order valence-corrected chi connectivity index (χ2v) is 5.22. The Bertz CT molecular complexity index is 659. The fraction of sp³-hybridized carbons (Fsp3) is 0.0714. The maximum atomic E-state index is 11.9. The third-order valence-corrected chi connectivity index (χ3v) is 3.81. The van der Waals surface area contributed by atoms with Crippen molar-refractivity contribution in [2.24, 2.45) is 0 Å². The molecule has 2 aromatic rings. The van der Waals surface area contributed by atoms with Gasteiger partial charge in [-0.2, -0.15) is 0 Å². The van der Waals surface area contributed by atoms with Crippen molar-refractivity contribution in [3.8, 4) is 0 Å². The van der Waals surface area contributed by atoms with Crippen LogP contribution in [0.3, 0.4) is 0 Å². The van der Waals surface area contributed by atoms with Gasteiger partial charge in [0.2, 0.25) is 0 Å². The molecule has 6 heteroatoms. The normalized spacial score (nSPS) is 10.3. The summed E-state index contributed by atoms with van der Waals surface area (Å²) >= 11 is 17.7. The zero-order valence-electron chi connectivity index (χ0n) is 10.2. The van der Waals surface area contributed by atoms with Crippen molar-refractivity contribution in [3.63, 3.8) is 0 Å². The van der Waals surface area contributed by atoms with Crippen molar-refractivity contribution in [3.05, 3.63) is 62.6 Å². The first-order valence-electron chi connectivity index (χ1n) is 5.64. The van der Waals surface area contributed by atoms with Gasteiger partial charge in [-0.05, 0) is 24.3 Å². The highest BCUT2D eigenvalue weighted by Crippen LogP contribution is 2.26. The predicted octanol–water partition coefficient (Wildman–Crippen LogP) is 4.59. The molecule has 0 unspecified atom stereocenters. The molecule has 0 bridgehead atoms. The van der Waals surface area contributed by atoms with Crippen LogP contribution in [0.5, 0.6) is 0 Å². The smallest absolute Gasteiger partial charge is 0.338 e. The molecule has 3 nitrogen and oxygen atoms in total. The van der Waals surface area contributed by atoms with Gasteiger partial charge in [-0.25, -0.2) is 4.79 Å². The van der Waals surface area contributed by atoms with E-state index in [1.807, 2.05) is 0 Å². The van der Waals surface area contributed by atoms with Gasteiger partial charge in [0.15, 0.2) is 0 Å². The van der Waals surface area contributed by atoms with Crippen LogP contribution in [0.4, 0.5) is 5.69 Å². The SMILES string of the molecule is Nc1ccc(C(=O)OCc2cccc(Cl)c2Cl)cc1Cl. The molecule has 2 aromatic carbocycles. The van der Waals surface area contributed by atoms with Crippen LogP contribution in [0.1, 0.15) is 15.9 Å². The van der Waals surface area contributed by atoms with E-state index in [9.17, 15) is 4.79 Å². The van der Waals surface area contributed by atoms with E-state index in [2.05, 4.69) is 0 Å². The van der Waals surface area contributed by atoms with Gasteiger partial charge in [-0.1, -0.05) is 46.9 Å². The van der Waals surface area contributed by atoms with E-state index in [1.165, 1.54) is 6.07 Å². The second kappa shape index (κ2) is 6.35. The van der Waals surface area contributed by atoms with E-state index in [0.717, 1.165) is 0 Å². The molecule has 0 radical (unpaired) electrons. The molecule has 0 amide bonds. The third-order valence-electron chi connectivity index (χ3n) is 2.63. The van der Waals surface area contributed by atoms with Gasteiger partial charge in [-0.3, -0.25) is 0 Å². The molecule has 0 saturated heterocycles. The average Bonchev–Trinajstić information content (AvgIpc) is 2.43. The standard InChI is InChI=1S/C14H10Cl3NO2/c15-10-3-1-2-9(13(10)17)7-20-14(19)8-4-5-12(18)11(16)6-8/h1-6H,7,18H2. The summed E-state index contributed by atoms with van der Waals surface area (Å²) in [5.74, 6) is -0.511. The Balaban J connectivity index is 2.08. The zero-order chi connectivity index (χ0) is 14.7. The molecule has 0 saturated carbocycles. The number of nitrogen functional groups attached to an aromatic ring is 1. The summed E-state index contributed by atoms with van der Waals surface area (Å²) in [4.78, 5) is 11.9. The zero-order valence-corrected chi connectivity index (χ0v) is 12.5. The number of halogens is 3. The first kappa shape index (κ1) is 15.0. The first-order valence-corrected chi connectivity index (χ1v) is 6.77. The van der Waals surface area contributed by atoms with E-state index in [4.69, 9.17) is 45.3 Å². The molecular formula is C14H10Cl3NO2. The summed E-state index contributed by atoms with van der Waals surface area (Å²) in [6.07, 6.45) is 0. The summed E-state index contributed by atoms with van der Waals surface area (Å²) in [6, 6.07) is 9.68. The number of esters is 1. The third kappa shape index (κ3) is 3.37. The molecule has 0 aliphatic heterocycles. The minimum absolute atomic E-state index is 0.0280. The largest absolute Gasteiger partial charge is 0.457 e. The number of anilines is 1. The van der Waals surface area contributed by atoms with Crippen LogP contribution < -0.4 is 5.73 Å². The Kier molecular flexibility index (Phi) is 4.76. The quantitative estimate of drug-likeness (QED) is 0.661. The lowest BCUT2D eigenvalue weighted by Crippen LogP contribution is -2.06. The van der Waals surface area contributed by atoms with Gasteiger partial charge in [0.25, 0.3) is 0 Å². The fourth-order valence-electron chi connectivity index (χ4n) is 1.54. The fourth-order valence-corrected chi connectivity index (χ4v) is 2.10. The molecule has 0 heterocycles. The van der Waals surface area contributed by atoms with Crippen molar-refractivity contribution in [1.82, 2.24) is 0 Å². The second-order valence-electron chi connectivity index (χ2n) is 4.03. The lowest BCUT2D eigenvalue weighted by molar-refractivity contribution is 0.0473. The molecule has 2 N–H and O–H groups in total. The van der Waals surface area contributed by atoms with E-state index in [0.29, 0.717) is 31.9 Å². The number of ether oxygens (including phenoxy) is 1. The van der Waals surface area contributed by atoms with Gasteiger partial charge in [0, 0.05) is 5.56 Å².